The van der Waals surface area contributed by atoms with Gasteiger partial charge in [0.05, 0.1) is 23.6 Å². The number of fused-ring (bicyclic) bond motifs is 9. The molecule has 0 spiro atoms. The SMILES string of the molecule is O=C(NO)c1ccc(-c2nc3cnc4[nH]ncc4c3c3c2C2CCC3C2)cc1. The van der Waals surface area contributed by atoms with Crippen LogP contribution in [0.4, 0.5) is 0 Å². The van der Waals surface area contributed by atoms with Crippen molar-refractivity contribution in [2.24, 2.45) is 0 Å². The second-order valence-corrected chi connectivity index (χ2v) is 7.66. The summed E-state index contributed by atoms with van der Waals surface area (Å²) in [4.78, 5) is 21.1. The summed E-state index contributed by atoms with van der Waals surface area (Å²) in [5, 5.41) is 18.2. The Morgan fingerprint density at radius 2 is 1.89 bits per heavy atom. The molecule has 2 aliphatic rings. The molecule has 6 rings (SSSR count). The van der Waals surface area contributed by atoms with Gasteiger partial charge in [0.25, 0.3) is 5.91 Å². The molecule has 2 bridgehead atoms. The second-order valence-electron chi connectivity index (χ2n) is 7.66. The average Bonchev–Trinajstić information content (AvgIpc) is 3.48. The monoisotopic (exact) mass is 371 g/mol. The number of carbonyl (C=O) groups excluding carboxylic acids is 1. The maximum Gasteiger partial charge on any atom is 0.274 e. The van der Waals surface area contributed by atoms with Crippen LogP contribution >= 0.6 is 0 Å². The van der Waals surface area contributed by atoms with E-state index < -0.39 is 5.91 Å². The first-order valence-electron chi connectivity index (χ1n) is 9.45. The lowest BCUT2D eigenvalue weighted by molar-refractivity contribution is 0.0706. The van der Waals surface area contributed by atoms with Gasteiger partial charge in [0, 0.05) is 21.9 Å². The summed E-state index contributed by atoms with van der Waals surface area (Å²) < 4.78 is 0. The van der Waals surface area contributed by atoms with E-state index in [1.54, 1.807) is 17.6 Å². The summed E-state index contributed by atoms with van der Waals surface area (Å²) in [6.45, 7) is 0. The molecule has 0 radical (unpaired) electrons. The fourth-order valence-electron chi connectivity index (χ4n) is 5.11. The van der Waals surface area contributed by atoms with Gasteiger partial charge in [-0.3, -0.25) is 15.1 Å². The van der Waals surface area contributed by atoms with E-state index in [-0.39, 0.29) is 0 Å². The van der Waals surface area contributed by atoms with Gasteiger partial charge in [0.15, 0.2) is 5.65 Å². The van der Waals surface area contributed by atoms with Gasteiger partial charge < -0.3 is 0 Å². The van der Waals surface area contributed by atoms with Crippen molar-refractivity contribution in [2.45, 2.75) is 31.1 Å². The summed E-state index contributed by atoms with van der Waals surface area (Å²) in [6.07, 6.45) is 7.26. The van der Waals surface area contributed by atoms with Crippen molar-refractivity contribution in [2.75, 3.05) is 0 Å². The zero-order chi connectivity index (χ0) is 18.8. The third-order valence-corrected chi connectivity index (χ3v) is 6.28. The van der Waals surface area contributed by atoms with Crippen LogP contribution in [0.2, 0.25) is 0 Å². The van der Waals surface area contributed by atoms with Gasteiger partial charge in [0.1, 0.15) is 0 Å². The van der Waals surface area contributed by atoms with Crippen molar-refractivity contribution in [3.8, 4) is 11.3 Å². The second kappa shape index (κ2) is 5.59. The van der Waals surface area contributed by atoms with Gasteiger partial charge in [-0.2, -0.15) is 5.10 Å². The molecular weight excluding hydrogens is 354 g/mol. The molecule has 1 fully saturated rings. The lowest BCUT2D eigenvalue weighted by Crippen LogP contribution is -2.18. The number of benzene rings is 1. The summed E-state index contributed by atoms with van der Waals surface area (Å²) in [6, 6.07) is 7.22. The van der Waals surface area contributed by atoms with E-state index in [0.717, 1.165) is 27.8 Å². The van der Waals surface area contributed by atoms with Crippen LogP contribution in [0.15, 0.2) is 36.7 Å². The lowest BCUT2D eigenvalue weighted by atomic mass is 9.86. The predicted molar refractivity (Wildman–Crippen MR) is 103 cm³/mol. The van der Waals surface area contributed by atoms with Gasteiger partial charge in [-0.25, -0.2) is 15.4 Å². The van der Waals surface area contributed by atoms with Gasteiger partial charge in [-0.1, -0.05) is 12.1 Å². The molecule has 1 saturated carbocycles. The van der Waals surface area contributed by atoms with Crippen molar-refractivity contribution < 1.29 is 10.0 Å². The molecule has 1 aromatic carbocycles. The molecule has 2 unspecified atom stereocenters. The van der Waals surface area contributed by atoms with Gasteiger partial charge in [0.2, 0.25) is 0 Å². The van der Waals surface area contributed by atoms with Crippen LogP contribution in [0.25, 0.3) is 33.2 Å². The molecule has 3 heterocycles. The minimum atomic E-state index is -0.520. The molecule has 3 aromatic heterocycles. The maximum atomic E-state index is 11.6. The number of amides is 1. The minimum absolute atomic E-state index is 0.409. The van der Waals surface area contributed by atoms with Crippen LogP contribution in [0, 0.1) is 0 Å². The highest BCUT2D eigenvalue weighted by atomic mass is 16.5. The number of nitrogens with one attached hydrogen (secondary N) is 2. The Bertz CT molecular complexity index is 1260. The molecule has 4 aromatic rings. The van der Waals surface area contributed by atoms with Crippen molar-refractivity contribution in [1.29, 1.82) is 0 Å². The highest BCUT2D eigenvalue weighted by molar-refractivity contribution is 6.06. The zero-order valence-corrected chi connectivity index (χ0v) is 14.9. The number of rotatable bonds is 2. The van der Waals surface area contributed by atoms with Crippen molar-refractivity contribution in [3.63, 3.8) is 0 Å². The summed E-state index contributed by atoms with van der Waals surface area (Å²) in [7, 11) is 0. The predicted octanol–water partition coefficient (Wildman–Crippen LogP) is 3.66. The number of nitrogens with zero attached hydrogens (tertiary/aromatic N) is 3. The molecule has 1 amide bonds. The first-order valence-corrected chi connectivity index (χ1v) is 9.45. The number of aromatic nitrogens is 4. The van der Waals surface area contributed by atoms with E-state index in [1.165, 1.54) is 35.8 Å². The van der Waals surface area contributed by atoms with Crippen molar-refractivity contribution >= 4 is 27.8 Å². The van der Waals surface area contributed by atoms with Gasteiger partial charge in [-0.05, 0) is 54.4 Å². The standard InChI is InChI=1S/C21H17N5O2/c27-21(26-28)11-3-1-10(2-4-11)19-17-13-6-5-12(7-13)16(17)18-14-8-23-25-20(14)22-9-15(18)24-19/h1-4,8-9,12-13,28H,5-7H2,(H,26,27)(H,22,23,25). The minimum Gasteiger partial charge on any atom is -0.288 e. The molecule has 2 atom stereocenters. The number of hydrogen-bond acceptors (Lipinski definition) is 5. The lowest BCUT2D eigenvalue weighted by Gasteiger charge is -2.21. The van der Waals surface area contributed by atoms with Gasteiger partial charge in [-0.15, -0.1) is 0 Å². The number of pyridine rings is 2. The highest BCUT2D eigenvalue weighted by Gasteiger charge is 2.41. The highest BCUT2D eigenvalue weighted by Crippen LogP contribution is 2.57. The number of H-pyrrole nitrogens is 1. The summed E-state index contributed by atoms with van der Waals surface area (Å²) in [5.41, 5.74) is 8.47. The third-order valence-electron chi connectivity index (χ3n) is 6.28. The topological polar surface area (TPSA) is 104 Å². The van der Waals surface area contributed by atoms with Crippen LogP contribution in [0.3, 0.4) is 0 Å². The molecule has 7 heteroatoms. The van der Waals surface area contributed by atoms with E-state index in [0.29, 0.717) is 17.4 Å². The van der Waals surface area contributed by atoms with E-state index in [9.17, 15) is 4.79 Å². The summed E-state index contributed by atoms with van der Waals surface area (Å²) >= 11 is 0. The Morgan fingerprint density at radius 3 is 2.68 bits per heavy atom. The van der Waals surface area contributed by atoms with Crippen LogP contribution in [-0.2, 0) is 0 Å². The quantitative estimate of drug-likeness (QED) is 0.368. The van der Waals surface area contributed by atoms with Crippen LogP contribution in [0.1, 0.15) is 52.6 Å². The van der Waals surface area contributed by atoms with E-state index in [1.807, 2.05) is 24.5 Å². The molecule has 138 valence electrons. The first kappa shape index (κ1) is 15.7. The Labute approximate surface area is 159 Å². The Kier molecular flexibility index (Phi) is 3.14. The fourth-order valence-corrected chi connectivity index (χ4v) is 5.11. The smallest absolute Gasteiger partial charge is 0.274 e. The van der Waals surface area contributed by atoms with E-state index >= 15 is 0 Å². The van der Waals surface area contributed by atoms with Crippen molar-refractivity contribution in [3.05, 3.63) is 53.3 Å². The van der Waals surface area contributed by atoms with E-state index in [2.05, 4.69) is 15.2 Å². The van der Waals surface area contributed by atoms with Crippen LogP contribution in [0.5, 0.6) is 0 Å². The molecule has 2 aliphatic carbocycles. The number of hydrogen-bond donors (Lipinski definition) is 3. The zero-order valence-electron chi connectivity index (χ0n) is 14.9. The van der Waals surface area contributed by atoms with Crippen LogP contribution in [-0.4, -0.2) is 31.3 Å². The molecule has 0 aliphatic heterocycles. The largest absolute Gasteiger partial charge is 0.288 e. The first-order chi connectivity index (χ1) is 13.7. The molecule has 0 saturated heterocycles. The van der Waals surface area contributed by atoms with Gasteiger partial charge >= 0.3 is 0 Å². The summed E-state index contributed by atoms with van der Waals surface area (Å²) in [5.74, 6) is 0.570. The number of carbonyl (C=O) groups is 1. The van der Waals surface area contributed by atoms with E-state index in [4.69, 9.17) is 10.2 Å². The fraction of sp³-hybridized carbons (Fsp3) is 0.238. The third kappa shape index (κ3) is 2.02. The van der Waals surface area contributed by atoms with Crippen molar-refractivity contribution in [1.82, 2.24) is 25.6 Å². The number of hydroxylamine groups is 1. The molecule has 3 N–H and O–H groups in total. The number of aromatic amines is 1. The molecule has 7 nitrogen and oxygen atoms in total. The normalized spacial score (nSPS) is 20.0. The molecular formula is C21H17N5O2. The molecule has 28 heavy (non-hydrogen) atoms. The Balaban J connectivity index is 1.63. The van der Waals surface area contributed by atoms with Crippen LogP contribution < -0.4 is 5.48 Å². The maximum absolute atomic E-state index is 11.6. The Morgan fingerprint density at radius 1 is 1.11 bits per heavy atom. The average molecular weight is 371 g/mol. The Hall–Kier alpha value is -3.32.